The lowest BCUT2D eigenvalue weighted by Crippen LogP contribution is -2.20. The maximum atomic E-state index is 12.5. The van der Waals surface area contributed by atoms with Crippen molar-refractivity contribution in [2.24, 2.45) is 0 Å². The molecule has 0 radical (unpaired) electrons. The summed E-state index contributed by atoms with van der Waals surface area (Å²) in [5, 5.41) is 0.599. The Hall–Kier alpha value is -2.10. The summed E-state index contributed by atoms with van der Waals surface area (Å²) in [5.74, 6) is -0.532. The summed E-state index contributed by atoms with van der Waals surface area (Å²) in [6, 6.07) is 6.19. The molecule has 1 saturated carbocycles. The van der Waals surface area contributed by atoms with Gasteiger partial charge >= 0.3 is 5.97 Å². The van der Waals surface area contributed by atoms with Crippen LogP contribution >= 0.6 is 0 Å². The first kappa shape index (κ1) is 16.3. The predicted molar refractivity (Wildman–Crippen MR) is 88.5 cm³/mol. The zero-order chi connectivity index (χ0) is 16.3. The zero-order valence-corrected chi connectivity index (χ0v) is 13.7. The van der Waals surface area contributed by atoms with Crippen LogP contribution in [0.15, 0.2) is 29.2 Å². The Morgan fingerprint density at radius 1 is 1.32 bits per heavy atom. The minimum absolute atomic E-state index is 0.136. The van der Waals surface area contributed by atoms with E-state index in [1.54, 1.807) is 13.1 Å². The van der Waals surface area contributed by atoms with Crippen molar-refractivity contribution in [1.29, 1.82) is 0 Å². The molecular formula is C18H23NO3. The van der Waals surface area contributed by atoms with E-state index in [1.165, 1.54) is 0 Å². The number of carbonyl (C=O) groups is 1. The van der Waals surface area contributed by atoms with Crippen LogP contribution in [-0.4, -0.2) is 17.1 Å². The molecule has 1 aliphatic carbocycles. The van der Waals surface area contributed by atoms with E-state index in [0.29, 0.717) is 11.4 Å². The van der Waals surface area contributed by atoms with E-state index in [9.17, 15) is 9.59 Å². The molecule has 1 heterocycles. The van der Waals surface area contributed by atoms with E-state index in [1.807, 2.05) is 43.5 Å². The molecule has 1 aliphatic rings. The van der Waals surface area contributed by atoms with Gasteiger partial charge in [-0.15, -0.1) is 0 Å². The van der Waals surface area contributed by atoms with E-state index in [-0.39, 0.29) is 17.6 Å². The maximum absolute atomic E-state index is 12.5. The van der Waals surface area contributed by atoms with Crippen molar-refractivity contribution in [2.45, 2.75) is 46.6 Å². The molecule has 118 valence electrons. The molecule has 0 amide bonds. The number of carbonyl (C=O) groups excluding carboxylic acids is 1. The van der Waals surface area contributed by atoms with Gasteiger partial charge in [0.2, 0.25) is 5.43 Å². The standard InChI is InChI=1S/C16H17NO3.C2H6/c1-3-20-16(19)13-9-17(11-5-6-11)14-7-4-10(2)8-12(14)15(13)18;1-2/h4,7-9,11H,3,5-6H2,1-2H3;1-2H3. The van der Waals surface area contributed by atoms with Gasteiger partial charge in [-0.1, -0.05) is 25.5 Å². The molecule has 1 aromatic heterocycles. The Morgan fingerprint density at radius 3 is 2.59 bits per heavy atom. The molecule has 1 aromatic carbocycles. The second-order valence-electron chi connectivity index (χ2n) is 5.25. The molecule has 3 rings (SSSR count). The first-order valence-electron chi connectivity index (χ1n) is 7.94. The van der Waals surface area contributed by atoms with E-state index in [4.69, 9.17) is 4.74 Å². The average Bonchev–Trinajstić information content (AvgIpc) is 3.35. The topological polar surface area (TPSA) is 48.3 Å². The van der Waals surface area contributed by atoms with Crippen molar-refractivity contribution < 1.29 is 9.53 Å². The van der Waals surface area contributed by atoms with Crippen molar-refractivity contribution in [3.8, 4) is 0 Å². The van der Waals surface area contributed by atoms with Crippen LogP contribution < -0.4 is 5.43 Å². The third-order valence-corrected chi connectivity index (χ3v) is 3.62. The average molecular weight is 301 g/mol. The number of benzene rings is 1. The van der Waals surface area contributed by atoms with Crippen molar-refractivity contribution >= 4 is 16.9 Å². The Balaban J connectivity index is 0.000000847. The summed E-state index contributed by atoms with van der Waals surface area (Å²) >= 11 is 0. The van der Waals surface area contributed by atoms with Crippen LogP contribution in [-0.2, 0) is 4.74 Å². The third kappa shape index (κ3) is 3.06. The summed E-state index contributed by atoms with van der Waals surface area (Å²) in [6.45, 7) is 7.95. The minimum atomic E-state index is -0.532. The highest BCUT2D eigenvalue weighted by atomic mass is 16.5. The van der Waals surface area contributed by atoms with E-state index < -0.39 is 5.97 Å². The number of hydrogen-bond acceptors (Lipinski definition) is 3. The number of esters is 1. The fourth-order valence-electron chi connectivity index (χ4n) is 2.48. The van der Waals surface area contributed by atoms with Crippen LogP contribution in [0.5, 0.6) is 0 Å². The molecule has 0 aliphatic heterocycles. The number of fused-ring (bicyclic) bond motifs is 1. The van der Waals surface area contributed by atoms with Gasteiger partial charge in [0.25, 0.3) is 0 Å². The minimum Gasteiger partial charge on any atom is -0.462 e. The number of pyridine rings is 1. The summed E-state index contributed by atoms with van der Waals surface area (Å²) in [4.78, 5) is 24.4. The molecule has 0 spiro atoms. The van der Waals surface area contributed by atoms with Crippen LogP contribution in [0.1, 0.15) is 55.6 Å². The highest BCUT2D eigenvalue weighted by Crippen LogP contribution is 2.37. The smallest absolute Gasteiger partial charge is 0.343 e. The van der Waals surface area contributed by atoms with Crippen LogP contribution in [0.2, 0.25) is 0 Å². The Bertz CT molecular complexity index is 742. The molecule has 4 heteroatoms. The van der Waals surface area contributed by atoms with Gasteiger partial charge in [-0.05, 0) is 38.8 Å². The number of aromatic nitrogens is 1. The molecule has 0 N–H and O–H groups in total. The molecule has 0 bridgehead atoms. The number of aryl methyl sites for hydroxylation is 1. The van der Waals surface area contributed by atoms with Gasteiger partial charge in [-0.25, -0.2) is 4.79 Å². The van der Waals surface area contributed by atoms with Gasteiger partial charge in [0.05, 0.1) is 12.1 Å². The molecular weight excluding hydrogens is 278 g/mol. The Morgan fingerprint density at radius 2 is 2.00 bits per heavy atom. The fraction of sp³-hybridized carbons (Fsp3) is 0.444. The summed E-state index contributed by atoms with van der Waals surface area (Å²) in [6.07, 6.45) is 3.85. The first-order valence-corrected chi connectivity index (χ1v) is 7.94. The number of hydrogen-bond donors (Lipinski definition) is 0. The third-order valence-electron chi connectivity index (χ3n) is 3.62. The highest BCUT2D eigenvalue weighted by molar-refractivity contribution is 5.94. The Kier molecular flexibility index (Phi) is 5.01. The first-order chi connectivity index (χ1) is 10.6. The van der Waals surface area contributed by atoms with Gasteiger partial charge in [0.1, 0.15) is 5.56 Å². The van der Waals surface area contributed by atoms with Gasteiger partial charge in [0.15, 0.2) is 0 Å². The molecule has 0 unspecified atom stereocenters. The normalized spacial score (nSPS) is 13.5. The second kappa shape index (κ2) is 6.77. The van der Waals surface area contributed by atoms with Gasteiger partial charge in [-0.3, -0.25) is 4.79 Å². The van der Waals surface area contributed by atoms with Gasteiger partial charge in [-0.2, -0.15) is 0 Å². The van der Waals surface area contributed by atoms with Crippen molar-refractivity contribution in [1.82, 2.24) is 4.57 Å². The lowest BCUT2D eigenvalue weighted by molar-refractivity contribution is 0.0524. The highest BCUT2D eigenvalue weighted by Gasteiger charge is 2.26. The molecule has 4 nitrogen and oxygen atoms in total. The van der Waals surface area contributed by atoms with E-state index >= 15 is 0 Å². The monoisotopic (exact) mass is 301 g/mol. The van der Waals surface area contributed by atoms with Gasteiger partial charge in [0, 0.05) is 17.6 Å². The number of rotatable bonds is 3. The van der Waals surface area contributed by atoms with Crippen LogP contribution in [0.3, 0.4) is 0 Å². The maximum Gasteiger partial charge on any atom is 0.343 e. The molecule has 0 saturated heterocycles. The van der Waals surface area contributed by atoms with Crippen LogP contribution in [0, 0.1) is 6.92 Å². The van der Waals surface area contributed by atoms with Crippen molar-refractivity contribution in [3.63, 3.8) is 0 Å². The molecule has 2 aromatic rings. The fourth-order valence-corrected chi connectivity index (χ4v) is 2.48. The second-order valence-corrected chi connectivity index (χ2v) is 5.25. The predicted octanol–water partition coefficient (Wildman–Crippen LogP) is 3.85. The lowest BCUT2D eigenvalue weighted by atomic mass is 10.1. The number of ether oxygens (including phenoxy) is 1. The van der Waals surface area contributed by atoms with Crippen molar-refractivity contribution in [3.05, 3.63) is 45.7 Å². The van der Waals surface area contributed by atoms with Gasteiger partial charge < -0.3 is 9.30 Å². The zero-order valence-electron chi connectivity index (χ0n) is 13.7. The van der Waals surface area contributed by atoms with Crippen molar-refractivity contribution in [2.75, 3.05) is 6.61 Å². The number of nitrogens with zero attached hydrogens (tertiary/aromatic N) is 1. The largest absolute Gasteiger partial charge is 0.462 e. The Labute approximate surface area is 130 Å². The van der Waals surface area contributed by atoms with E-state index in [2.05, 4.69) is 0 Å². The molecule has 22 heavy (non-hydrogen) atoms. The molecule has 0 atom stereocenters. The summed E-state index contributed by atoms with van der Waals surface area (Å²) in [7, 11) is 0. The van der Waals surface area contributed by atoms with Crippen LogP contribution in [0.25, 0.3) is 10.9 Å². The SMILES string of the molecule is CC.CCOC(=O)c1cn(C2CC2)c2ccc(C)cc2c1=O. The lowest BCUT2D eigenvalue weighted by Gasteiger charge is -2.12. The molecule has 1 fully saturated rings. The quantitative estimate of drug-likeness (QED) is 0.809. The van der Waals surface area contributed by atoms with Crippen LogP contribution in [0.4, 0.5) is 0 Å². The van der Waals surface area contributed by atoms with E-state index in [0.717, 1.165) is 23.9 Å². The summed E-state index contributed by atoms with van der Waals surface area (Å²) in [5.41, 5.74) is 1.81. The summed E-state index contributed by atoms with van der Waals surface area (Å²) < 4.78 is 7.03.